The SMILES string of the molecule is CC1=NN(c2cccc(C(=O)O)c2)C(=O)/C1=C\c1ccc(-c2ccc(C(=O)NCc3ccc(F)cc3)cc2)o1. The first-order chi connectivity index (χ1) is 18.8. The molecule has 1 aliphatic rings. The largest absolute Gasteiger partial charge is 0.478 e. The van der Waals surface area contributed by atoms with Crippen molar-refractivity contribution in [2.75, 3.05) is 5.01 Å². The summed E-state index contributed by atoms with van der Waals surface area (Å²) in [6, 6.07) is 22.3. The molecule has 0 saturated heterocycles. The number of carboxylic acid groups (broad SMARTS) is 1. The molecule has 0 atom stereocenters. The summed E-state index contributed by atoms with van der Waals surface area (Å²) in [5.41, 5.74) is 3.19. The predicted octanol–water partition coefficient (Wildman–Crippen LogP) is 5.52. The summed E-state index contributed by atoms with van der Waals surface area (Å²) in [5, 5.41) is 17.5. The number of hydrogen-bond acceptors (Lipinski definition) is 5. The molecule has 8 nitrogen and oxygen atoms in total. The molecular weight excluding hydrogens is 501 g/mol. The molecule has 2 N–H and O–H groups in total. The molecule has 0 fully saturated rings. The van der Waals surface area contributed by atoms with Crippen LogP contribution in [0.2, 0.25) is 0 Å². The van der Waals surface area contributed by atoms with Gasteiger partial charge in [0.25, 0.3) is 11.8 Å². The van der Waals surface area contributed by atoms with Gasteiger partial charge in [0, 0.05) is 17.7 Å². The summed E-state index contributed by atoms with van der Waals surface area (Å²) in [6.45, 7) is 1.97. The summed E-state index contributed by atoms with van der Waals surface area (Å²) >= 11 is 0. The normalized spacial score (nSPS) is 14.0. The molecule has 194 valence electrons. The van der Waals surface area contributed by atoms with Crippen LogP contribution in [-0.2, 0) is 11.3 Å². The van der Waals surface area contributed by atoms with E-state index in [-0.39, 0.29) is 23.8 Å². The number of halogens is 1. The molecule has 0 bridgehead atoms. The Hall–Kier alpha value is -5.31. The van der Waals surface area contributed by atoms with E-state index in [1.165, 1.54) is 24.3 Å². The number of aromatic carboxylic acids is 1. The fraction of sp³-hybridized carbons (Fsp3) is 0.0667. The second-order valence-electron chi connectivity index (χ2n) is 8.80. The van der Waals surface area contributed by atoms with Crippen LogP contribution < -0.4 is 10.3 Å². The number of benzene rings is 3. The van der Waals surface area contributed by atoms with E-state index in [1.807, 2.05) is 0 Å². The van der Waals surface area contributed by atoms with E-state index in [2.05, 4.69) is 10.4 Å². The van der Waals surface area contributed by atoms with Crippen molar-refractivity contribution in [1.29, 1.82) is 0 Å². The number of rotatable bonds is 7. The van der Waals surface area contributed by atoms with Crippen molar-refractivity contribution in [3.8, 4) is 11.3 Å². The smallest absolute Gasteiger partial charge is 0.335 e. The van der Waals surface area contributed by atoms with Gasteiger partial charge in [-0.1, -0.05) is 30.3 Å². The van der Waals surface area contributed by atoms with E-state index in [4.69, 9.17) is 4.42 Å². The number of hydrogen-bond donors (Lipinski definition) is 2. The van der Waals surface area contributed by atoms with E-state index in [9.17, 15) is 23.9 Å². The minimum Gasteiger partial charge on any atom is -0.478 e. The molecule has 9 heteroatoms. The standard InChI is InChI=1S/C30H22FN3O5/c1-18-26(29(36)34(33-18)24-4-2-3-22(15-24)30(37)38)16-25-13-14-27(39-25)20-7-9-21(10-8-20)28(35)32-17-19-5-11-23(31)12-6-19/h2-16H,17H2,1H3,(H,32,35)(H,37,38)/b26-16-. The Morgan fingerprint density at radius 1 is 1.00 bits per heavy atom. The van der Waals surface area contributed by atoms with Crippen molar-refractivity contribution in [3.05, 3.63) is 119 Å². The fourth-order valence-corrected chi connectivity index (χ4v) is 4.03. The Balaban J connectivity index is 1.27. The van der Waals surface area contributed by atoms with Crippen molar-refractivity contribution in [2.24, 2.45) is 5.10 Å². The Labute approximate surface area is 222 Å². The van der Waals surface area contributed by atoms with Crippen LogP contribution >= 0.6 is 0 Å². The number of amides is 2. The topological polar surface area (TPSA) is 112 Å². The van der Waals surface area contributed by atoms with E-state index >= 15 is 0 Å². The number of nitrogens with one attached hydrogen (secondary N) is 1. The molecular formula is C30H22FN3O5. The van der Waals surface area contributed by atoms with Gasteiger partial charge in [-0.25, -0.2) is 9.18 Å². The van der Waals surface area contributed by atoms with Crippen LogP contribution in [0.4, 0.5) is 10.1 Å². The van der Waals surface area contributed by atoms with Gasteiger partial charge in [0.15, 0.2) is 0 Å². The molecule has 0 unspecified atom stereocenters. The number of furan rings is 1. The molecule has 2 amide bonds. The summed E-state index contributed by atoms with van der Waals surface area (Å²) in [6.07, 6.45) is 1.59. The first-order valence-electron chi connectivity index (χ1n) is 12.0. The van der Waals surface area contributed by atoms with Crippen LogP contribution in [0.1, 0.15) is 39.0 Å². The van der Waals surface area contributed by atoms with Crippen LogP contribution in [0.25, 0.3) is 17.4 Å². The highest BCUT2D eigenvalue weighted by molar-refractivity contribution is 6.32. The maximum atomic E-state index is 13.0. The summed E-state index contributed by atoms with van der Waals surface area (Å²) in [5.74, 6) is -1.10. The lowest BCUT2D eigenvalue weighted by molar-refractivity contribution is -0.114. The third kappa shape index (κ3) is 5.52. The molecule has 39 heavy (non-hydrogen) atoms. The van der Waals surface area contributed by atoms with Gasteiger partial charge in [-0.05, 0) is 73.2 Å². The third-order valence-corrected chi connectivity index (χ3v) is 6.11. The van der Waals surface area contributed by atoms with Gasteiger partial charge in [0.1, 0.15) is 17.3 Å². The van der Waals surface area contributed by atoms with E-state index in [1.54, 1.807) is 73.7 Å². The number of carbonyl (C=O) groups excluding carboxylic acids is 2. The van der Waals surface area contributed by atoms with Crippen molar-refractivity contribution >= 4 is 35.3 Å². The minimum atomic E-state index is -1.10. The zero-order valence-electron chi connectivity index (χ0n) is 20.7. The molecule has 1 aliphatic heterocycles. The molecule has 0 radical (unpaired) electrons. The molecule has 0 saturated carbocycles. The number of anilines is 1. The lowest BCUT2D eigenvalue weighted by atomic mass is 10.1. The Morgan fingerprint density at radius 2 is 1.74 bits per heavy atom. The molecule has 2 heterocycles. The fourth-order valence-electron chi connectivity index (χ4n) is 4.03. The van der Waals surface area contributed by atoms with Crippen LogP contribution in [0.15, 0.2) is 100 Å². The molecule has 1 aromatic heterocycles. The molecule has 0 aliphatic carbocycles. The molecule has 4 aromatic rings. The second-order valence-corrected chi connectivity index (χ2v) is 8.80. The van der Waals surface area contributed by atoms with Gasteiger partial charge in [0.05, 0.1) is 22.5 Å². The highest BCUT2D eigenvalue weighted by atomic mass is 19.1. The zero-order valence-corrected chi connectivity index (χ0v) is 20.7. The number of hydrazone groups is 1. The minimum absolute atomic E-state index is 0.0534. The first-order valence-corrected chi connectivity index (χ1v) is 12.0. The van der Waals surface area contributed by atoms with E-state index in [0.717, 1.165) is 16.1 Å². The summed E-state index contributed by atoms with van der Waals surface area (Å²) in [7, 11) is 0. The average Bonchev–Trinajstić information content (AvgIpc) is 3.53. The van der Waals surface area contributed by atoms with Crippen LogP contribution in [0.3, 0.4) is 0 Å². The molecule has 5 rings (SSSR count). The lowest BCUT2D eigenvalue weighted by Gasteiger charge is -2.12. The monoisotopic (exact) mass is 523 g/mol. The maximum absolute atomic E-state index is 13.0. The van der Waals surface area contributed by atoms with Gasteiger partial charge in [-0.2, -0.15) is 10.1 Å². The van der Waals surface area contributed by atoms with Gasteiger partial charge in [0.2, 0.25) is 0 Å². The van der Waals surface area contributed by atoms with E-state index < -0.39 is 11.9 Å². The number of carboxylic acids is 1. The summed E-state index contributed by atoms with van der Waals surface area (Å²) in [4.78, 5) is 36.8. The van der Waals surface area contributed by atoms with Crippen molar-refractivity contribution in [2.45, 2.75) is 13.5 Å². The lowest BCUT2D eigenvalue weighted by Crippen LogP contribution is -2.22. The van der Waals surface area contributed by atoms with Crippen LogP contribution in [0.5, 0.6) is 0 Å². The quantitative estimate of drug-likeness (QED) is 0.310. The average molecular weight is 524 g/mol. The Kier molecular flexibility index (Phi) is 6.88. The van der Waals surface area contributed by atoms with Gasteiger partial charge in [-0.3, -0.25) is 9.59 Å². The Morgan fingerprint density at radius 3 is 2.46 bits per heavy atom. The molecule has 3 aromatic carbocycles. The Bertz CT molecular complexity index is 1640. The highest BCUT2D eigenvalue weighted by Gasteiger charge is 2.29. The van der Waals surface area contributed by atoms with Gasteiger partial charge >= 0.3 is 5.97 Å². The van der Waals surface area contributed by atoms with Crippen LogP contribution in [0, 0.1) is 5.82 Å². The maximum Gasteiger partial charge on any atom is 0.335 e. The highest BCUT2D eigenvalue weighted by Crippen LogP contribution is 2.28. The van der Waals surface area contributed by atoms with Gasteiger partial charge in [-0.15, -0.1) is 0 Å². The number of carbonyl (C=O) groups is 3. The number of nitrogens with zero attached hydrogens (tertiary/aromatic N) is 2. The summed E-state index contributed by atoms with van der Waals surface area (Å²) < 4.78 is 19.0. The van der Waals surface area contributed by atoms with E-state index in [0.29, 0.717) is 34.1 Å². The van der Waals surface area contributed by atoms with Crippen molar-refractivity contribution in [3.63, 3.8) is 0 Å². The van der Waals surface area contributed by atoms with Crippen molar-refractivity contribution in [1.82, 2.24) is 5.32 Å². The van der Waals surface area contributed by atoms with Gasteiger partial charge < -0.3 is 14.8 Å². The second kappa shape index (κ2) is 10.6. The van der Waals surface area contributed by atoms with Crippen LogP contribution in [-0.4, -0.2) is 28.6 Å². The van der Waals surface area contributed by atoms with Crippen molar-refractivity contribution < 1.29 is 28.3 Å². The predicted molar refractivity (Wildman–Crippen MR) is 144 cm³/mol. The zero-order chi connectivity index (χ0) is 27.5. The first kappa shape index (κ1) is 25.3. The molecule has 0 spiro atoms. The third-order valence-electron chi connectivity index (χ3n) is 6.11.